The standard InChI is InChI=1S/C30H18F2N4O4S/c31-18-5-9-20(10-6-18)34-30-36(21-11-7-19(32)8-12-21)27-26(41-30)25(22(15-33)28(37)35-27)24-14-13-23(40-24)16-1-3-17(4-2-16)29(38)39/h1-14,22,25H,(H,35,37)(H,38,39). The third-order valence-corrected chi connectivity index (χ3v) is 7.74. The number of carbonyl (C=O) groups excluding carboxylic acids is 1. The number of carboxylic acid groups (broad SMARTS) is 1. The maximum absolute atomic E-state index is 13.8. The maximum Gasteiger partial charge on any atom is 0.335 e. The summed E-state index contributed by atoms with van der Waals surface area (Å²) in [5, 5.41) is 22.0. The number of furan rings is 1. The first kappa shape index (κ1) is 25.9. The van der Waals surface area contributed by atoms with Gasteiger partial charge in [-0.25, -0.2) is 18.6 Å². The highest BCUT2D eigenvalue weighted by Crippen LogP contribution is 2.44. The molecule has 1 aliphatic heterocycles. The van der Waals surface area contributed by atoms with Crippen LogP contribution in [0.5, 0.6) is 0 Å². The molecule has 11 heteroatoms. The average molecular weight is 569 g/mol. The molecule has 2 N–H and O–H groups in total. The van der Waals surface area contributed by atoms with Gasteiger partial charge in [-0.05, 0) is 72.8 Å². The van der Waals surface area contributed by atoms with Gasteiger partial charge in [0.2, 0.25) is 5.91 Å². The number of aromatic nitrogens is 1. The Labute approximate surface area is 235 Å². The molecule has 2 atom stereocenters. The molecule has 0 saturated heterocycles. The molecule has 0 fully saturated rings. The first-order valence-corrected chi connectivity index (χ1v) is 13.1. The number of amides is 1. The summed E-state index contributed by atoms with van der Waals surface area (Å²) in [6.07, 6.45) is 0. The lowest BCUT2D eigenvalue weighted by Crippen LogP contribution is -2.33. The molecule has 202 valence electrons. The van der Waals surface area contributed by atoms with Crippen LogP contribution < -0.4 is 10.1 Å². The highest BCUT2D eigenvalue weighted by Gasteiger charge is 2.42. The normalized spacial score (nSPS) is 16.6. The smallest absolute Gasteiger partial charge is 0.335 e. The Bertz CT molecular complexity index is 1900. The largest absolute Gasteiger partial charge is 0.478 e. The van der Waals surface area contributed by atoms with Gasteiger partial charge in [-0.3, -0.25) is 9.36 Å². The number of nitriles is 1. The molecular weight excluding hydrogens is 550 g/mol. The van der Waals surface area contributed by atoms with Crippen LogP contribution in [-0.2, 0) is 4.79 Å². The first-order valence-electron chi connectivity index (χ1n) is 12.3. The van der Waals surface area contributed by atoms with Crippen molar-refractivity contribution in [2.45, 2.75) is 5.92 Å². The molecule has 6 rings (SSSR count). The summed E-state index contributed by atoms with van der Waals surface area (Å²) in [5.41, 5.74) is 1.71. The minimum atomic E-state index is -1.13. The van der Waals surface area contributed by atoms with Gasteiger partial charge in [-0.1, -0.05) is 23.5 Å². The number of fused-ring (bicyclic) bond motifs is 1. The van der Waals surface area contributed by atoms with Crippen molar-refractivity contribution in [2.75, 3.05) is 5.32 Å². The van der Waals surface area contributed by atoms with E-state index in [1.165, 1.54) is 72.0 Å². The molecule has 0 saturated carbocycles. The van der Waals surface area contributed by atoms with Gasteiger partial charge < -0.3 is 14.8 Å². The number of hydrogen-bond acceptors (Lipinski definition) is 6. The fraction of sp³-hybridized carbons (Fsp3) is 0.0667. The van der Waals surface area contributed by atoms with Gasteiger partial charge in [0.1, 0.15) is 34.9 Å². The molecule has 0 bridgehead atoms. The number of anilines is 1. The number of benzene rings is 3. The Hall–Kier alpha value is -5.34. The zero-order valence-electron chi connectivity index (χ0n) is 20.9. The Morgan fingerprint density at radius 3 is 2.27 bits per heavy atom. The fourth-order valence-electron chi connectivity index (χ4n) is 4.63. The number of thiazole rings is 1. The summed E-state index contributed by atoms with van der Waals surface area (Å²) in [5.74, 6) is -3.25. The van der Waals surface area contributed by atoms with Crippen LogP contribution in [0.1, 0.15) is 26.9 Å². The van der Waals surface area contributed by atoms with E-state index < -0.39 is 35.3 Å². The number of carboxylic acids is 1. The number of nitrogens with zero attached hydrogens (tertiary/aromatic N) is 3. The van der Waals surface area contributed by atoms with E-state index in [4.69, 9.17) is 4.42 Å². The summed E-state index contributed by atoms with van der Waals surface area (Å²) in [4.78, 5) is 30.1. The van der Waals surface area contributed by atoms with E-state index in [1.807, 2.05) is 0 Å². The van der Waals surface area contributed by atoms with Crippen molar-refractivity contribution < 1.29 is 27.9 Å². The van der Waals surface area contributed by atoms with Gasteiger partial charge in [0, 0.05) is 5.56 Å². The van der Waals surface area contributed by atoms with Crippen LogP contribution in [0.4, 0.5) is 20.3 Å². The summed E-state index contributed by atoms with van der Waals surface area (Å²) >= 11 is 1.21. The van der Waals surface area contributed by atoms with Crippen molar-refractivity contribution in [3.63, 3.8) is 0 Å². The maximum atomic E-state index is 13.8. The second-order valence-corrected chi connectivity index (χ2v) is 10.2. The zero-order chi connectivity index (χ0) is 28.7. The van der Waals surface area contributed by atoms with Crippen LogP contribution in [0, 0.1) is 28.9 Å². The molecule has 0 aliphatic carbocycles. The number of hydrogen-bond donors (Lipinski definition) is 2. The number of halogens is 2. The molecule has 1 aliphatic rings. The van der Waals surface area contributed by atoms with Gasteiger partial charge in [-0.15, -0.1) is 0 Å². The van der Waals surface area contributed by atoms with E-state index in [0.29, 0.717) is 44.0 Å². The van der Waals surface area contributed by atoms with Crippen LogP contribution in [0.3, 0.4) is 0 Å². The van der Waals surface area contributed by atoms with Crippen molar-refractivity contribution in [3.05, 3.63) is 118 Å². The number of aromatic carboxylic acids is 1. The third-order valence-electron chi connectivity index (χ3n) is 6.61. The fourth-order valence-corrected chi connectivity index (χ4v) is 5.88. The molecule has 3 heterocycles. The topological polar surface area (TPSA) is 121 Å². The quantitative estimate of drug-likeness (QED) is 0.260. The SMILES string of the molecule is N#CC1C(=O)Nc2c(sc(=Nc3ccc(F)cc3)n2-c2ccc(F)cc2)C1c1ccc(-c2ccc(C(=O)O)cc2)o1. The first-order chi connectivity index (χ1) is 19.8. The van der Waals surface area contributed by atoms with Crippen molar-refractivity contribution in [1.29, 1.82) is 5.26 Å². The zero-order valence-corrected chi connectivity index (χ0v) is 21.7. The van der Waals surface area contributed by atoms with Crippen molar-refractivity contribution in [3.8, 4) is 23.1 Å². The van der Waals surface area contributed by atoms with Gasteiger partial charge in [0.25, 0.3) is 0 Å². The summed E-state index contributed by atoms with van der Waals surface area (Å²) < 4.78 is 35.1. The predicted molar refractivity (Wildman–Crippen MR) is 146 cm³/mol. The monoisotopic (exact) mass is 568 g/mol. The van der Waals surface area contributed by atoms with Crippen LogP contribution in [0.2, 0.25) is 0 Å². The molecular formula is C30H18F2N4O4S. The summed E-state index contributed by atoms with van der Waals surface area (Å²) in [7, 11) is 0. The van der Waals surface area contributed by atoms with E-state index >= 15 is 0 Å². The molecule has 1 amide bonds. The highest BCUT2D eigenvalue weighted by atomic mass is 32.1. The van der Waals surface area contributed by atoms with Crippen LogP contribution in [0.25, 0.3) is 17.0 Å². The van der Waals surface area contributed by atoms with Crippen LogP contribution in [-0.4, -0.2) is 21.6 Å². The average Bonchev–Trinajstić information content (AvgIpc) is 3.59. The predicted octanol–water partition coefficient (Wildman–Crippen LogP) is 6.23. The van der Waals surface area contributed by atoms with E-state index in [2.05, 4.69) is 16.4 Å². The second kappa shape index (κ2) is 10.3. The van der Waals surface area contributed by atoms with E-state index in [-0.39, 0.29) is 5.56 Å². The number of rotatable bonds is 5. The van der Waals surface area contributed by atoms with E-state index in [1.54, 1.807) is 28.8 Å². The molecule has 2 unspecified atom stereocenters. The lowest BCUT2D eigenvalue weighted by atomic mass is 9.86. The van der Waals surface area contributed by atoms with E-state index in [0.717, 1.165) is 0 Å². The molecule has 0 spiro atoms. The minimum Gasteiger partial charge on any atom is -0.478 e. The molecule has 3 aromatic carbocycles. The lowest BCUT2D eigenvalue weighted by molar-refractivity contribution is -0.119. The Balaban J connectivity index is 1.52. The highest BCUT2D eigenvalue weighted by molar-refractivity contribution is 7.10. The van der Waals surface area contributed by atoms with Crippen molar-refractivity contribution in [1.82, 2.24) is 4.57 Å². The Morgan fingerprint density at radius 1 is 0.976 bits per heavy atom. The van der Waals surface area contributed by atoms with Gasteiger partial charge in [0.05, 0.1) is 33.8 Å². The number of nitrogens with one attached hydrogen (secondary N) is 1. The van der Waals surface area contributed by atoms with Crippen molar-refractivity contribution in [2.24, 2.45) is 10.9 Å². The Morgan fingerprint density at radius 2 is 1.63 bits per heavy atom. The van der Waals surface area contributed by atoms with Gasteiger partial charge in [0.15, 0.2) is 4.80 Å². The summed E-state index contributed by atoms with van der Waals surface area (Å²) in [6.45, 7) is 0. The third kappa shape index (κ3) is 4.81. The lowest BCUT2D eigenvalue weighted by Gasteiger charge is -2.26. The Kier molecular flexibility index (Phi) is 6.53. The molecule has 5 aromatic rings. The summed E-state index contributed by atoms with van der Waals surface area (Å²) in [6, 6.07) is 22.8. The molecule has 0 radical (unpaired) electrons. The van der Waals surface area contributed by atoms with Crippen LogP contribution in [0.15, 0.2) is 94.3 Å². The molecule has 2 aromatic heterocycles. The second-order valence-electron chi connectivity index (χ2n) is 9.16. The molecule has 8 nitrogen and oxygen atoms in total. The minimum absolute atomic E-state index is 0.125. The van der Waals surface area contributed by atoms with Crippen molar-refractivity contribution >= 4 is 34.7 Å². The molecule has 41 heavy (non-hydrogen) atoms. The van der Waals surface area contributed by atoms with Gasteiger partial charge >= 0.3 is 5.97 Å². The van der Waals surface area contributed by atoms with Gasteiger partial charge in [-0.2, -0.15) is 5.26 Å². The number of carbonyl (C=O) groups is 2. The van der Waals surface area contributed by atoms with E-state index in [9.17, 15) is 28.7 Å². The van der Waals surface area contributed by atoms with Crippen LogP contribution >= 0.6 is 11.3 Å².